The smallest absolute Gasteiger partial charge is 0.259 e. The summed E-state index contributed by atoms with van der Waals surface area (Å²) in [5.41, 5.74) is 2.06. The predicted octanol–water partition coefficient (Wildman–Crippen LogP) is 4.64. The molecule has 0 radical (unpaired) electrons. The van der Waals surface area contributed by atoms with Gasteiger partial charge in [-0.15, -0.1) is 34.4 Å². The fourth-order valence-electron chi connectivity index (χ4n) is 2.58. The molecule has 0 amide bonds. The molecule has 0 aliphatic rings. The molecule has 3 aromatic heterocycles. The number of H-pyrrole nitrogens is 1. The summed E-state index contributed by atoms with van der Waals surface area (Å²) in [6, 6.07) is 8.17. The number of nitrogens with one attached hydrogen (secondary N) is 1. The highest BCUT2D eigenvalue weighted by molar-refractivity contribution is 7.97. The monoisotopic (exact) mass is 373 g/mol. The summed E-state index contributed by atoms with van der Waals surface area (Å²) in [6.07, 6.45) is 0. The molecule has 0 atom stereocenters. The fourth-order valence-corrected chi connectivity index (χ4v) is 5.55. The molecular weight excluding hydrogens is 358 g/mol. The number of para-hydroxylation sites is 1. The van der Waals surface area contributed by atoms with Crippen molar-refractivity contribution in [2.24, 2.45) is 0 Å². The molecule has 0 unspecified atom stereocenters. The molecule has 0 saturated carbocycles. The van der Waals surface area contributed by atoms with E-state index in [0.29, 0.717) is 5.75 Å². The van der Waals surface area contributed by atoms with E-state index in [-0.39, 0.29) is 5.56 Å². The molecule has 4 aromatic rings. The van der Waals surface area contributed by atoms with Crippen LogP contribution in [0.4, 0.5) is 0 Å². The maximum Gasteiger partial charge on any atom is 0.259 e. The third-order valence-electron chi connectivity index (χ3n) is 3.89. The number of aryl methyl sites for hydroxylation is 2. The highest BCUT2D eigenvalue weighted by Crippen LogP contribution is 2.28. The van der Waals surface area contributed by atoms with Crippen LogP contribution in [0, 0.1) is 13.8 Å². The van der Waals surface area contributed by atoms with Gasteiger partial charge < -0.3 is 4.98 Å². The van der Waals surface area contributed by atoms with Gasteiger partial charge in [0.05, 0.1) is 21.4 Å². The number of nitrogens with zero attached hydrogens (tertiary/aromatic N) is 2. The number of thiazole rings is 1. The minimum atomic E-state index is -0.0302. The number of hydrogen-bond donors (Lipinski definition) is 1. The van der Waals surface area contributed by atoms with Crippen LogP contribution in [-0.4, -0.2) is 15.0 Å². The van der Waals surface area contributed by atoms with Crippen LogP contribution in [-0.2, 0) is 11.5 Å². The van der Waals surface area contributed by atoms with Gasteiger partial charge in [0.25, 0.3) is 5.56 Å². The quantitative estimate of drug-likeness (QED) is 0.566. The minimum absolute atomic E-state index is 0.0302. The molecule has 0 aliphatic carbocycles. The van der Waals surface area contributed by atoms with Gasteiger partial charge in [-0.1, -0.05) is 12.1 Å². The van der Waals surface area contributed by atoms with Crippen molar-refractivity contribution in [1.29, 1.82) is 0 Å². The number of thiophene rings is 1. The highest BCUT2D eigenvalue weighted by Gasteiger charge is 2.12. The molecule has 0 bridgehead atoms. The van der Waals surface area contributed by atoms with Crippen molar-refractivity contribution in [3.05, 3.63) is 55.9 Å². The van der Waals surface area contributed by atoms with Crippen molar-refractivity contribution in [2.75, 3.05) is 0 Å². The summed E-state index contributed by atoms with van der Waals surface area (Å²) < 4.78 is 1.21. The first-order valence-electron chi connectivity index (χ1n) is 7.53. The molecule has 1 aromatic carbocycles. The van der Waals surface area contributed by atoms with Crippen molar-refractivity contribution in [2.45, 2.75) is 25.4 Å². The van der Waals surface area contributed by atoms with Gasteiger partial charge in [0, 0.05) is 10.6 Å². The summed E-state index contributed by atoms with van der Waals surface area (Å²) in [6.45, 7) is 4.01. The Hall–Kier alpha value is -1.70. The zero-order valence-corrected chi connectivity index (χ0v) is 15.7. The largest absolute Gasteiger partial charge is 0.309 e. The number of aromatic nitrogens is 3. The Morgan fingerprint density at radius 1 is 1.12 bits per heavy atom. The maximum absolute atomic E-state index is 12.3. The third-order valence-corrected chi connectivity index (χ3v) is 7.17. The van der Waals surface area contributed by atoms with Crippen LogP contribution >= 0.6 is 34.4 Å². The molecule has 3 heterocycles. The Bertz CT molecular complexity index is 1060. The van der Waals surface area contributed by atoms with E-state index in [9.17, 15) is 4.79 Å². The van der Waals surface area contributed by atoms with Crippen molar-refractivity contribution in [3.8, 4) is 0 Å². The van der Waals surface area contributed by atoms with E-state index in [4.69, 9.17) is 0 Å². The first-order chi connectivity index (χ1) is 11.6. The first-order valence-corrected chi connectivity index (χ1v) is 10.3. The molecule has 4 nitrogen and oxygen atoms in total. The van der Waals surface area contributed by atoms with E-state index < -0.39 is 0 Å². The van der Waals surface area contributed by atoms with Crippen molar-refractivity contribution in [3.63, 3.8) is 0 Å². The molecule has 0 spiro atoms. The first kappa shape index (κ1) is 15.8. The van der Waals surface area contributed by atoms with Crippen molar-refractivity contribution in [1.82, 2.24) is 15.0 Å². The summed E-state index contributed by atoms with van der Waals surface area (Å²) in [5.74, 6) is 2.24. The maximum atomic E-state index is 12.3. The molecule has 1 N–H and O–H groups in total. The van der Waals surface area contributed by atoms with Crippen LogP contribution in [0.2, 0.25) is 0 Å². The third kappa shape index (κ3) is 2.87. The average Bonchev–Trinajstić information content (AvgIpc) is 3.08. The lowest BCUT2D eigenvalue weighted by Gasteiger charge is -2.00. The Kier molecular flexibility index (Phi) is 4.15. The summed E-state index contributed by atoms with van der Waals surface area (Å²) in [7, 11) is 0. The summed E-state index contributed by atoms with van der Waals surface area (Å²) >= 11 is 5.03. The fraction of sp³-hybridized carbons (Fsp3) is 0.235. The van der Waals surface area contributed by atoms with Gasteiger partial charge in [-0.05, 0) is 31.5 Å². The number of benzene rings is 1. The molecule has 0 aliphatic heterocycles. The average molecular weight is 374 g/mol. The Balaban J connectivity index is 1.51. The van der Waals surface area contributed by atoms with Crippen LogP contribution in [0.15, 0.2) is 29.1 Å². The Morgan fingerprint density at radius 2 is 1.96 bits per heavy atom. The van der Waals surface area contributed by atoms with Gasteiger partial charge >= 0.3 is 0 Å². The van der Waals surface area contributed by atoms with E-state index >= 15 is 0 Å². The highest BCUT2D eigenvalue weighted by atomic mass is 32.2. The van der Waals surface area contributed by atoms with Crippen LogP contribution in [0.1, 0.15) is 21.3 Å². The number of thioether (sulfide) groups is 1. The second-order valence-corrected chi connectivity index (χ2v) is 8.85. The van der Waals surface area contributed by atoms with E-state index in [2.05, 4.69) is 21.0 Å². The Labute approximate surface area is 151 Å². The number of rotatable bonds is 4. The van der Waals surface area contributed by atoms with Crippen LogP contribution < -0.4 is 5.56 Å². The predicted molar refractivity (Wildman–Crippen MR) is 104 cm³/mol. The van der Waals surface area contributed by atoms with E-state index in [1.165, 1.54) is 4.70 Å². The number of aromatic amines is 1. The molecule has 7 heteroatoms. The number of hydrogen-bond acceptors (Lipinski definition) is 6. The molecular formula is C17H15N3OS3. The molecule has 4 rings (SSSR count). The van der Waals surface area contributed by atoms with Crippen LogP contribution in [0.25, 0.3) is 20.4 Å². The molecule has 0 saturated heterocycles. The SMILES string of the molecule is Cc1sc2nc(CSCc3nc4ccccc4s3)[nH]c(=O)c2c1C. The zero-order chi connectivity index (χ0) is 16.7. The topological polar surface area (TPSA) is 58.6 Å². The standard InChI is InChI=1S/C17H15N3OS3/c1-9-10(2)23-17-15(9)16(21)19-13(20-17)7-22-8-14-18-11-5-3-4-6-12(11)24-14/h3-6H,7-8H2,1-2H3,(H,19,20,21). The van der Waals surface area contributed by atoms with Gasteiger partial charge in [-0.3, -0.25) is 4.79 Å². The van der Waals surface area contributed by atoms with E-state index in [1.807, 2.05) is 32.0 Å². The van der Waals surface area contributed by atoms with E-state index in [1.54, 1.807) is 34.4 Å². The van der Waals surface area contributed by atoms with Gasteiger partial charge in [0.2, 0.25) is 0 Å². The van der Waals surface area contributed by atoms with Gasteiger partial charge in [-0.2, -0.15) is 0 Å². The zero-order valence-electron chi connectivity index (χ0n) is 13.3. The number of fused-ring (bicyclic) bond motifs is 2. The summed E-state index contributed by atoms with van der Waals surface area (Å²) in [4.78, 5) is 26.4. The van der Waals surface area contributed by atoms with Gasteiger partial charge in [0.1, 0.15) is 15.7 Å². The molecule has 122 valence electrons. The second kappa shape index (κ2) is 6.31. The second-order valence-electron chi connectivity index (χ2n) is 5.54. The minimum Gasteiger partial charge on any atom is -0.309 e. The lowest BCUT2D eigenvalue weighted by Crippen LogP contribution is -2.10. The lowest BCUT2D eigenvalue weighted by atomic mass is 10.2. The molecule has 24 heavy (non-hydrogen) atoms. The summed E-state index contributed by atoms with van der Waals surface area (Å²) in [5, 5.41) is 1.84. The van der Waals surface area contributed by atoms with Crippen molar-refractivity contribution >= 4 is 54.9 Å². The van der Waals surface area contributed by atoms with Gasteiger partial charge in [-0.25, -0.2) is 9.97 Å². The van der Waals surface area contributed by atoms with Crippen LogP contribution in [0.5, 0.6) is 0 Å². The van der Waals surface area contributed by atoms with E-state index in [0.717, 1.165) is 42.8 Å². The van der Waals surface area contributed by atoms with Crippen molar-refractivity contribution < 1.29 is 0 Å². The van der Waals surface area contributed by atoms with Gasteiger partial charge in [0.15, 0.2) is 0 Å². The Morgan fingerprint density at radius 3 is 2.79 bits per heavy atom. The normalized spacial score (nSPS) is 11.6. The van der Waals surface area contributed by atoms with Crippen LogP contribution in [0.3, 0.4) is 0 Å². The molecule has 0 fully saturated rings. The lowest BCUT2D eigenvalue weighted by molar-refractivity contribution is 1.04.